The molecule has 3 heteroatoms. The molecule has 2 heterocycles. The number of piperidine rings is 1. The number of hydrogen-bond donors (Lipinski definition) is 0. The fraction of sp³-hybridized carbons (Fsp3) is 1.00. The van der Waals surface area contributed by atoms with Crippen LogP contribution >= 0.6 is 0 Å². The van der Waals surface area contributed by atoms with Crippen LogP contribution in [0.15, 0.2) is 0 Å². The Morgan fingerprint density at radius 2 is 2.25 bits per heavy atom. The molecule has 0 spiro atoms. The maximum atomic E-state index is 5.76. The molecule has 72 valence electrons. The maximum absolute atomic E-state index is 5.76. The predicted octanol–water partition coefficient (Wildman–Crippen LogP) is -0.939. The fourth-order valence-electron chi connectivity index (χ4n) is 2.26. The first-order valence-corrected chi connectivity index (χ1v) is 4.85. The van der Waals surface area contributed by atoms with Gasteiger partial charge in [0.25, 0.3) is 6.23 Å². The highest BCUT2D eigenvalue weighted by Gasteiger charge is 2.62. The zero-order valence-electron chi connectivity index (χ0n) is 7.92. The Hall–Kier alpha value is 0.210. The molecule has 0 aliphatic carbocycles. The van der Waals surface area contributed by atoms with E-state index >= 15 is 0 Å². The number of rotatable bonds is 2. The first kappa shape index (κ1) is 10.3. The molecule has 0 radical (unpaired) electrons. The lowest BCUT2D eigenvalue weighted by Crippen LogP contribution is -3.00. The highest BCUT2D eigenvalue weighted by atomic mass is 35.5. The van der Waals surface area contributed by atoms with Crippen LogP contribution in [0.1, 0.15) is 39.5 Å². The molecule has 0 amide bonds. The van der Waals surface area contributed by atoms with Crippen molar-refractivity contribution in [1.82, 2.24) is 0 Å². The van der Waals surface area contributed by atoms with Gasteiger partial charge in [0.2, 0.25) is 0 Å². The third-order valence-electron chi connectivity index (χ3n) is 3.31. The van der Waals surface area contributed by atoms with Crippen LogP contribution in [0.3, 0.4) is 0 Å². The van der Waals surface area contributed by atoms with Gasteiger partial charge in [0.05, 0.1) is 0 Å². The highest BCUT2D eigenvalue weighted by molar-refractivity contribution is 4.65. The summed E-state index contributed by atoms with van der Waals surface area (Å²) in [5.74, 6) is 0. The van der Waals surface area contributed by atoms with E-state index in [4.69, 9.17) is 4.84 Å². The molecule has 2 aliphatic rings. The molecule has 2 nitrogen and oxygen atoms in total. The van der Waals surface area contributed by atoms with Crippen molar-refractivity contribution in [3.63, 3.8) is 0 Å². The summed E-state index contributed by atoms with van der Waals surface area (Å²) in [6.45, 7) is 5.83. The van der Waals surface area contributed by atoms with Crippen LogP contribution in [0.4, 0.5) is 0 Å². The number of quaternary nitrogens is 1. The summed E-state index contributed by atoms with van der Waals surface area (Å²) in [7, 11) is 0. The Labute approximate surface area is 80.8 Å². The smallest absolute Gasteiger partial charge is 0.274 e. The van der Waals surface area contributed by atoms with E-state index in [1.807, 2.05) is 0 Å². The zero-order chi connectivity index (χ0) is 7.90. The molecule has 0 saturated carbocycles. The molecule has 2 fully saturated rings. The predicted molar refractivity (Wildman–Crippen MR) is 43.6 cm³/mol. The van der Waals surface area contributed by atoms with Crippen LogP contribution in [-0.2, 0) is 4.84 Å². The minimum atomic E-state index is 0. The standard InChI is InChI=1S/C9H18NO.ClH/c1-3-8(2)10-7-5-4-6-9(10)11-10;/h8-9H,3-7H2,1-2H3;1H/q+1;/p-1. The van der Waals surface area contributed by atoms with E-state index in [-0.39, 0.29) is 12.4 Å². The molecule has 2 saturated heterocycles. The average molecular weight is 192 g/mol. The van der Waals surface area contributed by atoms with Gasteiger partial charge in [0, 0.05) is 6.42 Å². The number of fused-ring (bicyclic) bond motifs is 1. The van der Waals surface area contributed by atoms with E-state index in [2.05, 4.69) is 13.8 Å². The topological polar surface area (TPSA) is 12.5 Å². The van der Waals surface area contributed by atoms with Gasteiger partial charge in [-0.15, -0.1) is 9.48 Å². The van der Waals surface area contributed by atoms with Gasteiger partial charge in [-0.2, -0.15) is 0 Å². The summed E-state index contributed by atoms with van der Waals surface area (Å²) in [6.07, 6.45) is 5.86. The van der Waals surface area contributed by atoms with Gasteiger partial charge in [0.15, 0.2) is 0 Å². The van der Waals surface area contributed by atoms with E-state index in [9.17, 15) is 0 Å². The normalized spacial score (nSPS) is 41.0. The second-order valence-electron chi connectivity index (χ2n) is 3.89. The summed E-state index contributed by atoms with van der Waals surface area (Å²) in [6, 6.07) is 0.722. The second-order valence-corrected chi connectivity index (χ2v) is 3.89. The monoisotopic (exact) mass is 191 g/mol. The molecule has 0 aromatic carbocycles. The Balaban J connectivity index is 0.000000720. The average Bonchev–Trinajstić information content (AvgIpc) is 2.78. The van der Waals surface area contributed by atoms with E-state index < -0.39 is 0 Å². The van der Waals surface area contributed by atoms with Crippen molar-refractivity contribution in [2.75, 3.05) is 6.54 Å². The lowest BCUT2D eigenvalue weighted by atomic mass is 10.1. The van der Waals surface area contributed by atoms with E-state index in [0.29, 0.717) is 6.23 Å². The molecule has 0 N–H and O–H groups in total. The third-order valence-corrected chi connectivity index (χ3v) is 3.31. The van der Waals surface area contributed by atoms with Crippen molar-refractivity contribution in [1.29, 1.82) is 0 Å². The summed E-state index contributed by atoms with van der Waals surface area (Å²) in [4.78, 5) is 5.76. The quantitative estimate of drug-likeness (QED) is 0.406. The SMILES string of the molecule is CCC(C)[N+]12CCCCC1O2.[Cl-]. The van der Waals surface area contributed by atoms with Gasteiger partial charge >= 0.3 is 0 Å². The second kappa shape index (κ2) is 3.52. The largest absolute Gasteiger partial charge is 1.00 e. The zero-order valence-corrected chi connectivity index (χ0v) is 8.68. The third kappa shape index (κ3) is 1.36. The lowest BCUT2D eigenvalue weighted by Gasteiger charge is -2.22. The van der Waals surface area contributed by atoms with Crippen molar-refractivity contribution in [3.05, 3.63) is 0 Å². The Morgan fingerprint density at radius 1 is 1.50 bits per heavy atom. The van der Waals surface area contributed by atoms with Gasteiger partial charge < -0.3 is 12.4 Å². The number of halogens is 1. The Morgan fingerprint density at radius 3 is 2.83 bits per heavy atom. The summed E-state index contributed by atoms with van der Waals surface area (Å²) in [5.41, 5.74) is 0. The van der Waals surface area contributed by atoms with Crippen molar-refractivity contribution in [3.8, 4) is 0 Å². The number of hydroxylamine groups is 3. The molecule has 2 rings (SSSR count). The van der Waals surface area contributed by atoms with Gasteiger partial charge in [-0.1, -0.05) is 6.92 Å². The van der Waals surface area contributed by atoms with Crippen LogP contribution in [0, 0.1) is 0 Å². The molecule has 3 unspecified atom stereocenters. The summed E-state index contributed by atoms with van der Waals surface area (Å²) >= 11 is 0. The van der Waals surface area contributed by atoms with Crippen LogP contribution in [0.5, 0.6) is 0 Å². The molecular weight excluding hydrogens is 174 g/mol. The van der Waals surface area contributed by atoms with Crippen LogP contribution in [-0.4, -0.2) is 23.5 Å². The summed E-state index contributed by atoms with van der Waals surface area (Å²) in [5, 5.41) is 0. The Kier molecular flexibility index (Phi) is 3.02. The van der Waals surface area contributed by atoms with Crippen molar-refractivity contribution < 1.29 is 21.9 Å². The number of nitrogens with zero attached hydrogens (tertiary/aromatic N) is 1. The van der Waals surface area contributed by atoms with Crippen LogP contribution < -0.4 is 12.4 Å². The molecule has 12 heavy (non-hydrogen) atoms. The minimum Gasteiger partial charge on any atom is -1.00 e. The Bertz CT molecular complexity index is 165. The van der Waals surface area contributed by atoms with Gasteiger partial charge in [-0.3, -0.25) is 0 Å². The summed E-state index contributed by atoms with van der Waals surface area (Å²) < 4.78 is 0.997. The lowest BCUT2D eigenvalue weighted by molar-refractivity contribution is -0.946. The van der Waals surface area contributed by atoms with Gasteiger partial charge in [-0.05, 0) is 26.2 Å². The van der Waals surface area contributed by atoms with E-state index in [1.165, 1.54) is 32.2 Å². The van der Waals surface area contributed by atoms with Crippen molar-refractivity contribution >= 4 is 0 Å². The molecule has 0 aromatic heterocycles. The van der Waals surface area contributed by atoms with Gasteiger partial charge in [0.1, 0.15) is 12.6 Å². The molecular formula is C9H18ClNO. The fourth-order valence-corrected chi connectivity index (χ4v) is 2.26. The van der Waals surface area contributed by atoms with E-state index in [0.717, 1.165) is 10.7 Å². The first-order chi connectivity index (χ1) is 5.29. The van der Waals surface area contributed by atoms with Crippen molar-refractivity contribution in [2.24, 2.45) is 0 Å². The van der Waals surface area contributed by atoms with E-state index in [1.54, 1.807) is 0 Å². The highest BCUT2D eigenvalue weighted by Crippen LogP contribution is 2.44. The van der Waals surface area contributed by atoms with Crippen LogP contribution in [0.2, 0.25) is 0 Å². The van der Waals surface area contributed by atoms with Crippen LogP contribution in [0.25, 0.3) is 0 Å². The molecule has 0 aromatic rings. The molecule has 0 bridgehead atoms. The number of hydrogen-bond acceptors (Lipinski definition) is 1. The molecule has 2 aliphatic heterocycles. The first-order valence-electron chi connectivity index (χ1n) is 4.85. The molecule has 3 atom stereocenters. The van der Waals surface area contributed by atoms with Crippen molar-refractivity contribution in [2.45, 2.75) is 51.8 Å². The maximum Gasteiger partial charge on any atom is 0.274 e. The van der Waals surface area contributed by atoms with Gasteiger partial charge in [-0.25, -0.2) is 0 Å². The minimum absolute atomic E-state index is 0.